The van der Waals surface area contributed by atoms with Crippen molar-refractivity contribution in [2.24, 2.45) is 5.73 Å². The highest BCUT2D eigenvalue weighted by Gasteiger charge is 2.47. The summed E-state index contributed by atoms with van der Waals surface area (Å²) < 4.78 is 48.2. The molecule has 4 rings (SSSR count). The van der Waals surface area contributed by atoms with Crippen molar-refractivity contribution >= 4 is 49.1 Å². The first-order chi connectivity index (χ1) is 21.0. The monoisotopic (exact) mass is 665 g/mol. The van der Waals surface area contributed by atoms with Crippen LogP contribution in [0.5, 0.6) is 0 Å². The van der Waals surface area contributed by atoms with Gasteiger partial charge < -0.3 is 21.3 Å². The van der Waals surface area contributed by atoms with Crippen molar-refractivity contribution in [3.63, 3.8) is 0 Å². The number of hydrogen-bond acceptors (Lipinski definition) is 11. The Morgan fingerprint density at radius 2 is 1.64 bits per heavy atom. The molecule has 0 spiro atoms. The van der Waals surface area contributed by atoms with Crippen molar-refractivity contribution in [3.05, 3.63) is 41.7 Å². The summed E-state index contributed by atoms with van der Waals surface area (Å²) in [7, 11) is -6.88. The van der Waals surface area contributed by atoms with E-state index in [1.807, 2.05) is 0 Å². The Labute approximate surface area is 259 Å². The van der Waals surface area contributed by atoms with Gasteiger partial charge in [0.2, 0.25) is 17.6 Å². The minimum absolute atomic E-state index is 0.0149. The second kappa shape index (κ2) is 13.0. The first-order valence-corrected chi connectivity index (χ1v) is 18.1. The number of nitrogens with one attached hydrogen (secondary N) is 2. The van der Waals surface area contributed by atoms with Gasteiger partial charge in [0.1, 0.15) is 11.6 Å². The Bertz CT molecular complexity index is 1710. The van der Waals surface area contributed by atoms with Crippen LogP contribution in [0.15, 0.2) is 35.4 Å². The number of sulfone groups is 2. The Morgan fingerprint density at radius 1 is 1.00 bits per heavy atom. The first-order valence-electron chi connectivity index (χ1n) is 14.1. The lowest BCUT2D eigenvalue weighted by molar-refractivity contribution is -0.145. The number of nitrogens with zero attached hydrogens (tertiary/aromatic N) is 4. The highest BCUT2D eigenvalue weighted by atomic mass is 32.2. The van der Waals surface area contributed by atoms with Crippen molar-refractivity contribution in [2.45, 2.75) is 66.8 Å². The Hall–Kier alpha value is -4.19. The standard InChI is InChI=1S/C27H35N7O9S2/c1-44(40,41)16-18-14-34(32-31-18)19-12-21(26(39)30-27(23(36)24(28)37)10-4-3-5-11-27)33(15-19)22(35)13-29-25(38)17-6-8-20(9-7-17)45(2,42)43/h6-9,14,19,21H,3-5,10-13,15-16H2,1-2H3,(H2,28,37)(H,29,38)(H,30,39)/t19-,21-/m0/s1. The third-order valence-corrected chi connectivity index (χ3v) is 9.87. The molecule has 1 aromatic carbocycles. The van der Waals surface area contributed by atoms with Crippen LogP contribution < -0.4 is 16.4 Å². The fourth-order valence-corrected chi connectivity index (χ4v) is 6.99. The Morgan fingerprint density at radius 3 is 2.22 bits per heavy atom. The number of benzene rings is 1. The average molecular weight is 666 g/mol. The number of aromatic nitrogens is 3. The van der Waals surface area contributed by atoms with Gasteiger partial charge in [-0.05, 0) is 37.1 Å². The number of hydrogen-bond donors (Lipinski definition) is 3. The molecule has 1 saturated carbocycles. The molecule has 16 nitrogen and oxygen atoms in total. The lowest BCUT2D eigenvalue weighted by atomic mass is 9.78. The number of carbonyl (C=O) groups excluding carboxylic acids is 5. The smallest absolute Gasteiger partial charge is 0.287 e. The van der Waals surface area contributed by atoms with Crippen LogP contribution >= 0.6 is 0 Å². The quantitative estimate of drug-likeness (QED) is 0.238. The van der Waals surface area contributed by atoms with Crippen molar-refractivity contribution in [2.75, 3.05) is 25.6 Å². The van der Waals surface area contributed by atoms with Gasteiger partial charge in [-0.15, -0.1) is 5.10 Å². The second-order valence-electron chi connectivity index (χ2n) is 11.5. The van der Waals surface area contributed by atoms with Crippen molar-refractivity contribution in [1.82, 2.24) is 30.5 Å². The van der Waals surface area contributed by atoms with Crippen molar-refractivity contribution < 1.29 is 40.8 Å². The lowest BCUT2D eigenvalue weighted by Crippen LogP contribution is -2.62. The first kappa shape index (κ1) is 33.7. The SMILES string of the molecule is CS(=O)(=O)Cc1cn([C@H]2C[C@@H](C(=O)NC3(C(=O)C(N)=O)CCCCC3)N(C(=O)CNC(=O)c3ccc(S(C)(=O)=O)cc3)C2)nn1. The fraction of sp³-hybridized carbons (Fsp3) is 0.519. The molecule has 1 aromatic heterocycles. The van der Waals surface area contributed by atoms with Gasteiger partial charge in [-0.2, -0.15) is 0 Å². The molecule has 0 radical (unpaired) electrons. The molecule has 1 aliphatic heterocycles. The molecule has 0 bridgehead atoms. The zero-order valence-corrected chi connectivity index (χ0v) is 26.4. The fourth-order valence-electron chi connectivity index (χ4n) is 5.69. The summed E-state index contributed by atoms with van der Waals surface area (Å²) in [5, 5.41) is 13.1. The number of amides is 4. The normalized spacial score (nSPS) is 19.9. The molecular formula is C27H35N7O9S2. The molecule has 2 heterocycles. The molecule has 4 amide bonds. The number of primary amides is 1. The third-order valence-electron chi connectivity index (χ3n) is 7.92. The maximum atomic E-state index is 13.7. The number of rotatable bonds is 11. The topological polar surface area (TPSA) is 238 Å². The molecule has 1 aliphatic carbocycles. The summed E-state index contributed by atoms with van der Waals surface area (Å²) in [5.41, 5.74) is 4.08. The summed E-state index contributed by atoms with van der Waals surface area (Å²) in [6.45, 7) is -0.584. The summed E-state index contributed by atoms with van der Waals surface area (Å²) in [5.74, 6) is -4.45. The molecule has 2 aliphatic rings. The number of ketones is 1. The number of likely N-dealkylation sites (tertiary alicyclic amines) is 1. The van der Waals surface area contributed by atoms with Gasteiger partial charge in [0.25, 0.3) is 11.8 Å². The molecule has 2 atom stereocenters. The second-order valence-corrected chi connectivity index (χ2v) is 15.7. The molecule has 4 N–H and O–H groups in total. The highest BCUT2D eigenvalue weighted by Crippen LogP contribution is 2.32. The van der Waals surface area contributed by atoms with Gasteiger partial charge >= 0.3 is 0 Å². The maximum absolute atomic E-state index is 13.7. The van der Waals surface area contributed by atoms with E-state index in [1.54, 1.807) is 0 Å². The minimum atomic E-state index is -3.48. The predicted molar refractivity (Wildman–Crippen MR) is 158 cm³/mol. The van der Waals surface area contributed by atoms with Crippen LogP contribution in [0, 0.1) is 0 Å². The third kappa shape index (κ3) is 8.10. The molecule has 0 unspecified atom stereocenters. The van der Waals surface area contributed by atoms with E-state index in [4.69, 9.17) is 5.73 Å². The minimum Gasteiger partial charge on any atom is -0.363 e. The largest absolute Gasteiger partial charge is 0.363 e. The van der Waals surface area contributed by atoms with Crippen LogP contribution in [0.25, 0.3) is 0 Å². The van der Waals surface area contributed by atoms with Crippen LogP contribution in [-0.2, 0) is 44.6 Å². The van der Waals surface area contributed by atoms with Crippen LogP contribution in [0.2, 0.25) is 0 Å². The predicted octanol–water partition coefficient (Wildman–Crippen LogP) is -1.33. The molecule has 1 saturated heterocycles. The van der Waals surface area contributed by atoms with Crippen LogP contribution in [0.3, 0.4) is 0 Å². The van der Waals surface area contributed by atoms with Gasteiger partial charge in [0.05, 0.1) is 28.9 Å². The van der Waals surface area contributed by atoms with E-state index in [1.165, 1.54) is 40.0 Å². The number of nitrogens with two attached hydrogens (primary N) is 1. The average Bonchev–Trinajstić information content (AvgIpc) is 3.62. The zero-order chi connectivity index (χ0) is 33.2. The zero-order valence-electron chi connectivity index (χ0n) is 24.8. The van der Waals surface area contributed by atoms with Gasteiger partial charge in [-0.3, -0.25) is 24.0 Å². The van der Waals surface area contributed by atoms with Gasteiger partial charge in [0.15, 0.2) is 19.7 Å². The summed E-state index contributed by atoms with van der Waals surface area (Å²) >= 11 is 0. The Balaban J connectivity index is 1.54. The van der Waals surface area contributed by atoms with Gasteiger partial charge in [-0.1, -0.05) is 24.5 Å². The van der Waals surface area contributed by atoms with Crippen LogP contribution in [0.4, 0.5) is 0 Å². The van der Waals surface area contributed by atoms with Crippen LogP contribution in [0.1, 0.15) is 60.6 Å². The molecule has 244 valence electrons. The molecular weight excluding hydrogens is 630 g/mol. The molecule has 2 fully saturated rings. The number of Topliss-reactive ketones (excluding diaryl/α,β-unsaturated/α-hetero) is 1. The number of carbonyl (C=O) groups is 5. The van der Waals surface area contributed by atoms with Crippen molar-refractivity contribution in [3.8, 4) is 0 Å². The van der Waals surface area contributed by atoms with Gasteiger partial charge in [-0.25, -0.2) is 21.5 Å². The molecule has 18 heteroatoms. The summed E-state index contributed by atoms with van der Waals surface area (Å²) in [4.78, 5) is 65.9. The maximum Gasteiger partial charge on any atom is 0.287 e. The van der Waals surface area contributed by atoms with E-state index >= 15 is 0 Å². The highest BCUT2D eigenvalue weighted by molar-refractivity contribution is 7.90. The van der Waals surface area contributed by atoms with E-state index in [0.29, 0.717) is 12.8 Å². The summed E-state index contributed by atoms with van der Waals surface area (Å²) in [6.07, 6.45) is 5.87. The molecule has 45 heavy (non-hydrogen) atoms. The van der Waals surface area contributed by atoms with Crippen LogP contribution in [-0.4, -0.2) is 103 Å². The Kier molecular flexibility index (Phi) is 9.77. The van der Waals surface area contributed by atoms with E-state index in [-0.39, 0.29) is 47.7 Å². The lowest BCUT2D eigenvalue weighted by Gasteiger charge is -2.37. The molecule has 2 aromatic rings. The van der Waals surface area contributed by atoms with E-state index in [9.17, 15) is 40.8 Å². The van der Waals surface area contributed by atoms with Gasteiger partial charge in [0, 0.05) is 37.2 Å². The van der Waals surface area contributed by atoms with E-state index in [2.05, 4.69) is 20.9 Å². The van der Waals surface area contributed by atoms with Crippen molar-refractivity contribution in [1.29, 1.82) is 0 Å². The van der Waals surface area contributed by atoms with E-state index < -0.39 is 73.3 Å². The van der Waals surface area contributed by atoms with E-state index in [0.717, 1.165) is 18.9 Å². The summed E-state index contributed by atoms with van der Waals surface area (Å²) in [6, 6.07) is 3.38.